The largest absolute Gasteiger partial charge is 0.352 e. The van der Waals surface area contributed by atoms with Gasteiger partial charge >= 0.3 is 0 Å². The summed E-state index contributed by atoms with van der Waals surface area (Å²) in [6.45, 7) is 0.846. The summed E-state index contributed by atoms with van der Waals surface area (Å²) in [4.78, 5) is 21.7. The van der Waals surface area contributed by atoms with Gasteiger partial charge in [0.25, 0.3) is 11.6 Å². The van der Waals surface area contributed by atoms with Gasteiger partial charge in [-0.3, -0.25) is 19.6 Å². The predicted octanol–water partition coefficient (Wildman–Crippen LogP) is 1.15. The monoisotopic (exact) mass is 293 g/mol. The highest BCUT2D eigenvalue weighted by molar-refractivity contribution is 5.95. The fourth-order valence-electron chi connectivity index (χ4n) is 1.69. The molecule has 0 radical (unpaired) electrons. The van der Waals surface area contributed by atoms with Crippen LogP contribution in [-0.2, 0) is 6.54 Å². The number of amides is 1. The Morgan fingerprint density at radius 3 is 2.95 bits per heavy atom. The Bertz CT molecular complexity index is 644. The van der Waals surface area contributed by atoms with Crippen molar-refractivity contribution in [2.75, 3.05) is 6.54 Å². The van der Waals surface area contributed by atoms with Crippen LogP contribution in [0.5, 0.6) is 0 Å². The van der Waals surface area contributed by atoms with E-state index < -0.39 is 16.6 Å². The van der Waals surface area contributed by atoms with E-state index in [4.69, 9.17) is 0 Å². The lowest BCUT2D eigenvalue weighted by Crippen LogP contribution is -2.26. The molecule has 110 valence electrons. The molecule has 1 heterocycles. The maximum Gasteiger partial charge on any atom is 0.270 e. The van der Waals surface area contributed by atoms with Crippen LogP contribution in [-0.4, -0.2) is 32.4 Å². The first-order chi connectivity index (χ1) is 10.1. The molecule has 8 nitrogen and oxygen atoms in total. The van der Waals surface area contributed by atoms with Crippen molar-refractivity contribution >= 4 is 11.6 Å². The zero-order chi connectivity index (χ0) is 15.2. The highest BCUT2D eigenvalue weighted by Crippen LogP contribution is 2.16. The SMILES string of the molecule is O=C(NCCCn1ccnn1)c1cc([N+](=O)[O-])ccc1F. The van der Waals surface area contributed by atoms with Gasteiger partial charge < -0.3 is 5.32 Å². The Morgan fingerprint density at radius 1 is 1.48 bits per heavy atom. The fraction of sp³-hybridized carbons (Fsp3) is 0.250. The Balaban J connectivity index is 1.90. The van der Waals surface area contributed by atoms with Crippen LogP contribution in [0.1, 0.15) is 16.8 Å². The lowest BCUT2D eigenvalue weighted by molar-refractivity contribution is -0.384. The van der Waals surface area contributed by atoms with E-state index in [0.717, 1.165) is 18.2 Å². The molecular formula is C12H12FN5O3. The van der Waals surface area contributed by atoms with Gasteiger partial charge in [0.05, 0.1) is 16.7 Å². The van der Waals surface area contributed by atoms with Crippen molar-refractivity contribution in [3.8, 4) is 0 Å². The normalized spacial score (nSPS) is 10.3. The number of non-ortho nitro benzene ring substituents is 1. The third-order valence-corrected chi connectivity index (χ3v) is 2.73. The van der Waals surface area contributed by atoms with Crippen molar-refractivity contribution in [1.82, 2.24) is 20.3 Å². The topological polar surface area (TPSA) is 103 Å². The van der Waals surface area contributed by atoms with Crippen LogP contribution in [0.25, 0.3) is 0 Å². The van der Waals surface area contributed by atoms with Crippen LogP contribution >= 0.6 is 0 Å². The van der Waals surface area contributed by atoms with E-state index >= 15 is 0 Å². The average molecular weight is 293 g/mol. The van der Waals surface area contributed by atoms with Gasteiger partial charge in [-0.25, -0.2) is 4.39 Å². The summed E-state index contributed by atoms with van der Waals surface area (Å²) in [5, 5.41) is 20.5. The summed E-state index contributed by atoms with van der Waals surface area (Å²) in [6.07, 6.45) is 3.80. The molecule has 1 aromatic carbocycles. The first kappa shape index (κ1) is 14.6. The van der Waals surface area contributed by atoms with Crippen LogP contribution in [0.3, 0.4) is 0 Å². The molecule has 0 unspecified atom stereocenters. The lowest BCUT2D eigenvalue weighted by atomic mass is 10.1. The maximum absolute atomic E-state index is 13.5. The van der Waals surface area contributed by atoms with Crippen molar-refractivity contribution < 1.29 is 14.1 Å². The zero-order valence-electron chi connectivity index (χ0n) is 10.9. The molecule has 0 fully saturated rings. The van der Waals surface area contributed by atoms with E-state index in [0.29, 0.717) is 19.5 Å². The molecular weight excluding hydrogens is 281 g/mol. The lowest BCUT2D eigenvalue weighted by Gasteiger charge is -2.06. The van der Waals surface area contributed by atoms with Gasteiger partial charge in [-0.05, 0) is 12.5 Å². The molecule has 0 saturated heterocycles. The highest BCUT2D eigenvalue weighted by Gasteiger charge is 2.16. The number of hydrogen-bond acceptors (Lipinski definition) is 5. The molecule has 0 saturated carbocycles. The van der Waals surface area contributed by atoms with Gasteiger partial charge in [-0.1, -0.05) is 5.21 Å². The number of hydrogen-bond donors (Lipinski definition) is 1. The summed E-state index contributed by atoms with van der Waals surface area (Å²) >= 11 is 0. The average Bonchev–Trinajstić information content (AvgIpc) is 2.96. The number of benzene rings is 1. The fourth-order valence-corrected chi connectivity index (χ4v) is 1.69. The summed E-state index contributed by atoms with van der Waals surface area (Å²) in [5.41, 5.74) is -0.672. The van der Waals surface area contributed by atoms with E-state index in [1.165, 1.54) is 6.20 Å². The second kappa shape index (κ2) is 6.55. The number of nitrogens with one attached hydrogen (secondary N) is 1. The second-order valence-electron chi connectivity index (χ2n) is 4.20. The van der Waals surface area contributed by atoms with Crippen LogP contribution in [0.15, 0.2) is 30.6 Å². The van der Waals surface area contributed by atoms with Crippen molar-refractivity contribution in [2.45, 2.75) is 13.0 Å². The summed E-state index contributed by atoms with van der Waals surface area (Å²) < 4.78 is 15.1. The first-order valence-corrected chi connectivity index (χ1v) is 6.14. The van der Waals surface area contributed by atoms with Crippen molar-refractivity contribution in [3.05, 3.63) is 52.1 Å². The molecule has 0 aliphatic carbocycles. The first-order valence-electron chi connectivity index (χ1n) is 6.14. The van der Waals surface area contributed by atoms with Gasteiger partial charge in [0.1, 0.15) is 5.82 Å². The molecule has 0 aliphatic rings. The minimum Gasteiger partial charge on any atom is -0.352 e. The number of carbonyl (C=O) groups is 1. The molecule has 2 rings (SSSR count). The number of rotatable bonds is 6. The molecule has 9 heteroatoms. The Morgan fingerprint density at radius 2 is 2.29 bits per heavy atom. The number of nitrogens with zero attached hydrogens (tertiary/aromatic N) is 4. The molecule has 0 atom stereocenters. The van der Waals surface area contributed by atoms with Crippen molar-refractivity contribution in [1.29, 1.82) is 0 Å². The molecule has 1 N–H and O–H groups in total. The second-order valence-corrected chi connectivity index (χ2v) is 4.20. The van der Waals surface area contributed by atoms with E-state index in [9.17, 15) is 19.3 Å². The highest BCUT2D eigenvalue weighted by atomic mass is 19.1. The van der Waals surface area contributed by atoms with Gasteiger partial charge in [0, 0.05) is 31.4 Å². The molecule has 1 amide bonds. The van der Waals surface area contributed by atoms with Gasteiger partial charge in [-0.2, -0.15) is 0 Å². The maximum atomic E-state index is 13.5. The molecule has 0 aliphatic heterocycles. The third kappa shape index (κ3) is 3.81. The third-order valence-electron chi connectivity index (χ3n) is 2.73. The molecule has 0 spiro atoms. The minimum absolute atomic E-state index is 0.292. The molecule has 2 aromatic rings. The van der Waals surface area contributed by atoms with E-state index in [-0.39, 0.29) is 11.3 Å². The quantitative estimate of drug-likeness (QED) is 0.489. The van der Waals surface area contributed by atoms with Crippen LogP contribution in [0.4, 0.5) is 10.1 Å². The van der Waals surface area contributed by atoms with Crippen molar-refractivity contribution in [2.24, 2.45) is 0 Å². The predicted molar refractivity (Wildman–Crippen MR) is 70.0 cm³/mol. The smallest absolute Gasteiger partial charge is 0.270 e. The minimum atomic E-state index is -0.797. The van der Waals surface area contributed by atoms with E-state index in [1.54, 1.807) is 10.9 Å². The van der Waals surface area contributed by atoms with E-state index in [1.807, 2.05) is 0 Å². The molecule has 0 bridgehead atoms. The zero-order valence-corrected chi connectivity index (χ0v) is 10.9. The Labute approximate surface area is 118 Å². The number of nitro groups is 1. The number of aromatic nitrogens is 3. The summed E-state index contributed by atoms with van der Waals surface area (Å²) in [6, 6.07) is 2.83. The number of nitro benzene ring substituents is 1. The van der Waals surface area contributed by atoms with Crippen molar-refractivity contribution in [3.63, 3.8) is 0 Å². The van der Waals surface area contributed by atoms with Gasteiger partial charge in [0.15, 0.2) is 0 Å². The van der Waals surface area contributed by atoms with Gasteiger partial charge in [0.2, 0.25) is 0 Å². The summed E-state index contributed by atoms with van der Waals surface area (Å²) in [5.74, 6) is -1.48. The van der Waals surface area contributed by atoms with Gasteiger partial charge in [-0.15, -0.1) is 5.10 Å². The van der Waals surface area contributed by atoms with Crippen LogP contribution < -0.4 is 5.32 Å². The standard InChI is InChI=1S/C12H12FN5O3/c13-11-3-2-9(18(20)21)8-10(11)12(19)14-4-1-6-17-7-5-15-16-17/h2-3,5,7-8H,1,4,6H2,(H,14,19). The Kier molecular flexibility index (Phi) is 4.54. The number of carbonyl (C=O) groups excluding carboxylic acids is 1. The summed E-state index contributed by atoms with van der Waals surface area (Å²) in [7, 11) is 0. The van der Waals surface area contributed by atoms with E-state index in [2.05, 4.69) is 15.6 Å². The Hall–Kier alpha value is -2.84. The van der Waals surface area contributed by atoms with Crippen LogP contribution in [0.2, 0.25) is 0 Å². The number of aryl methyl sites for hydroxylation is 1. The number of halogens is 1. The van der Waals surface area contributed by atoms with Crippen LogP contribution in [0, 0.1) is 15.9 Å². The molecule has 21 heavy (non-hydrogen) atoms. The molecule has 1 aromatic heterocycles.